The average Bonchev–Trinajstić information content (AvgIpc) is 3.24. The zero-order valence-corrected chi connectivity index (χ0v) is 12.9. The molecule has 3 atom stereocenters. The fourth-order valence-electron chi connectivity index (χ4n) is 3.70. The van der Waals surface area contributed by atoms with Gasteiger partial charge in [-0.05, 0) is 43.4 Å². The van der Waals surface area contributed by atoms with Crippen LogP contribution in [0, 0.1) is 5.92 Å². The fraction of sp³-hybridized carbons (Fsp3) is 0.647. The van der Waals surface area contributed by atoms with E-state index >= 15 is 0 Å². The largest absolute Gasteiger partial charge is 0.493 e. The van der Waals surface area contributed by atoms with Crippen molar-refractivity contribution in [3.05, 3.63) is 23.8 Å². The van der Waals surface area contributed by atoms with E-state index in [-0.39, 0.29) is 6.10 Å². The molecule has 2 heterocycles. The van der Waals surface area contributed by atoms with Crippen molar-refractivity contribution in [1.29, 1.82) is 0 Å². The zero-order valence-electron chi connectivity index (χ0n) is 12.9. The summed E-state index contributed by atoms with van der Waals surface area (Å²) >= 11 is 0. The summed E-state index contributed by atoms with van der Waals surface area (Å²) in [7, 11) is 1.69. The van der Waals surface area contributed by atoms with Crippen LogP contribution in [0.15, 0.2) is 18.2 Å². The number of fused-ring (bicyclic) bond motifs is 1. The van der Waals surface area contributed by atoms with Crippen LogP contribution < -0.4 is 15.0 Å². The molecule has 3 aliphatic rings. The van der Waals surface area contributed by atoms with Crippen LogP contribution in [0.25, 0.3) is 0 Å². The Hall–Kier alpha value is -1.30. The molecule has 1 saturated carbocycles. The topological polar surface area (TPSA) is 49.0 Å². The Morgan fingerprint density at radius 1 is 1.14 bits per heavy atom. The van der Waals surface area contributed by atoms with E-state index in [1.54, 1.807) is 7.11 Å². The molecule has 4 rings (SSSR count). The van der Waals surface area contributed by atoms with E-state index in [9.17, 15) is 0 Å². The third-order valence-electron chi connectivity index (χ3n) is 4.97. The van der Waals surface area contributed by atoms with Crippen molar-refractivity contribution in [1.82, 2.24) is 5.48 Å². The molecule has 0 spiro atoms. The van der Waals surface area contributed by atoms with E-state index in [1.807, 2.05) is 6.07 Å². The van der Waals surface area contributed by atoms with E-state index in [2.05, 4.69) is 17.6 Å². The molecule has 0 aromatic heterocycles. The first kappa shape index (κ1) is 14.3. The van der Waals surface area contributed by atoms with Crippen molar-refractivity contribution in [2.75, 3.05) is 20.3 Å². The maximum Gasteiger partial charge on any atom is 0.161 e. The van der Waals surface area contributed by atoms with E-state index < -0.39 is 0 Å². The van der Waals surface area contributed by atoms with Gasteiger partial charge in [0.2, 0.25) is 0 Å². The number of methoxy groups -OCH3 is 1. The Morgan fingerprint density at radius 2 is 2.00 bits per heavy atom. The summed E-state index contributed by atoms with van der Waals surface area (Å²) in [6.45, 7) is 1.47. The van der Waals surface area contributed by atoms with Crippen LogP contribution in [0.4, 0.5) is 0 Å². The molecule has 0 radical (unpaired) electrons. The van der Waals surface area contributed by atoms with Gasteiger partial charge < -0.3 is 14.2 Å². The van der Waals surface area contributed by atoms with Gasteiger partial charge in [0.15, 0.2) is 11.5 Å². The average molecular weight is 305 g/mol. The van der Waals surface area contributed by atoms with Crippen LogP contribution in [-0.4, -0.2) is 32.5 Å². The van der Waals surface area contributed by atoms with Gasteiger partial charge in [0.05, 0.1) is 32.5 Å². The molecule has 2 aliphatic heterocycles. The number of nitrogens with one attached hydrogen (secondary N) is 1. The quantitative estimate of drug-likeness (QED) is 0.926. The highest BCUT2D eigenvalue weighted by Gasteiger charge is 2.42. The maximum atomic E-state index is 6.18. The van der Waals surface area contributed by atoms with Crippen LogP contribution in [-0.2, 0) is 9.57 Å². The van der Waals surface area contributed by atoms with Gasteiger partial charge in [-0.25, -0.2) is 0 Å². The lowest BCUT2D eigenvalue weighted by Gasteiger charge is -2.20. The predicted octanol–water partition coefficient (Wildman–Crippen LogP) is 2.61. The number of hydroxylamine groups is 1. The van der Waals surface area contributed by atoms with E-state index in [0.717, 1.165) is 43.1 Å². The molecule has 2 saturated heterocycles. The van der Waals surface area contributed by atoms with Crippen LogP contribution >= 0.6 is 0 Å². The summed E-state index contributed by atoms with van der Waals surface area (Å²) in [4.78, 5) is 5.78. The lowest BCUT2D eigenvalue weighted by atomic mass is 9.93. The fourth-order valence-corrected chi connectivity index (χ4v) is 3.70. The summed E-state index contributed by atoms with van der Waals surface area (Å²) < 4.78 is 17.2. The first-order chi connectivity index (χ1) is 10.8. The summed E-state index contributed by atoms with van der Waals surface area (Å²) in [5.74, 6) is 1.99. The van der Waals surface area contributed by atoms with Crippen LogP contribution in [0.1, 0.15) is 37.4 Å². The van der Waals surface area contributed by atoms with Crippen LogP contribution in [0.2, 0.25) is 0 Å². The highest BCUT2D eigenvalue weighted by atomic mass is 16.7. The molecule has 1 aliphatic carbocycles. The minimum atomic E-state index is 0.0179. The Kier molecular flexibility index (Phi) is 3.94. The van der Waals surface area contributed by atoms with E-state index in [4.69, 9.17) is 19.0 Å². The van der Waals surface area contributed by atoms with Crippen molar-refractivity contribution in [3.8, 4) is 11.5 Å². The van der Waals surface area contributed by atoms with Crippen molar-refractivity contribution >= 4 is 0 Å². The van der Waals surface area contributed by atoms with Gasteiger partial charge in [0.25, 0.3) is 0 Å². The molecule has 5 nitrogen and oxygen atoms in total. The molecular formula is C17H23NO4. The second-order valence-corrected chi connectivity index (χ2v) is 6.40. The van der Waals surface area contributed by atoms with Gasteiger partial charge in [-0.15, -0.1) is 0 Å². The number of hydrogen-bond donors (Lipinski definition) is 1. The molecule has 0 amide bonds. The lowest BCUT2D eigenvalue weighted by molar-refractivity contribution is -0.00929. The second-order valence-electron chi connectivity index (χ2n) is 6.40. The van der Waals surface area contributed by atoms with Gasteiger partial charge in [0.1, 0.15) is 6.10 Å². The third-order valence-corrected chi connectivity index (χ3v) is 4.97. The number of ether oxygens (including phenoxy) is 3. The molecule has 5 heteroatoms. The lowest BCUT2D eigenvalue weighted by Crippen LogP contribution is -2.25. The van der Waals surface area contributed by atoms with Gasteiger partial charge in [-0.1, -0.05) is 6.07 Å². The van der Waals surface area contributed by atoms with Crippen LogP contribution in [0.5, 0.6) is 11.5 Å². The number of rotatable bonds is 4. The van der Waals surface area contributed by atoms with Gasteiger partial charge >= 0.3 is 0 Å². The molecular weight excluding hydrogens is 282 g/mol. The highest BCUT2D eigenvalue weighted by Crippen LogP contribution is 2.40. The van der Waals surface area contributed by atoms with Crippen molar-refractivity contribution in [2.24, 2.45) is 5.92 Å². The van der Waals surface area contributed by atoms with Crippen LogP contribution in [0.3, 0.4) is 0 Å². The van der Waals surface area contributed by atoms with Crippen molar-refractivity contribution in [2.45, 2.75) is 43.9 Å². The standard InChI is InChI=1S/C17H23NO4/c1-19-15-7-6-11(8-16(15)21-12-4-2-3-5-12)17-13-9-20-10-14(13)18-22-17/h6-8,12-14,17-18H,2-5,9-10H2,1H3. The minimum absolute atomic E-state index is 0.0179. The monoisotopic (exact) mass is 305 g/mol. The maximum absolute atomic E-state index is 6.18. The Labute approximate surface area is 130 Å². The highest BCUT2D eigenvalue weighted by molar-refractivity contribution is 5.44. The molecule has 3 fully saturated rings. The van der Waals surface area contributed by atoms with Gasteiger partial charge in [-0.2, -0.15) is 5.48 Å². The van der Waals surface area contributed by atoms with Gasteiger partial charge in [-0.3, -0.25) is 4.84 Å². The molecule has 3 unspecified atom stereocenters. The van der Waals surface area contributed by atoms with Gasteiger partial charge in [0, 0.05) is 5.92 Å². The van der Waals surface area contributed by atoms with E-state index in [1.165, 1.54) is 12.8 Å². The Bertz CT molecular complexity index is 529. The summed E-state index contributed by atoms with van der Waals surface area (Å²) in [5, 5.41) is 0. The Balaban J connectivity index is 1.57. The summed E-state index contributed by atoms with van der Waals surface area (Å²) in [5.41, 5.74) is 4.22. The Morgan fingerprint density at radius 3 is 2.82 bits per heavy atom. The summed E-state index contributed by atoms with van der Waals surface area (Å²) in [6, 6.07) is 6.41. The minimum Gasteiger partial charge on any atom is -0.493 e. The predicted molar refractivity (Wildman–Crippen MR) is 80.9 cm³/mol. The first-order valence-electron chi connectivity index (χ1n) is 8.18. The zero-order chi connectivity index (χ0) is 14.9. The van der Waals surface area contributed by atoms with E-state index in [0.29, 0.717) is 18.1 Å². The number of hydrogen-bond acceptors (Lipinski definition) is 5. The smallest absolute Gasteiger partial charge is 0.161 e. The molecule has 22 heavy (non-hydrogen) atoms. The van der Waals surface area contributed by atoms with Crippen molar-refractivity contribution in [3.63, 3.8) is 0 Å². The normalized spacial score (nSPS) is 31.4. The van der Waals surface area contributed by atoms with Crippen molar-refractivity contribution < 1.29 is 19.0 Å². The summed E-state index contributed by atoms with van der Waals surface area (Å²) in [6.07, 6.45) is 5.10. The number of benzene rings is 1. The SMILES string of the molecule is COc1ccc(C2ONC3COCC32)cc1OC1CCCC1. The molecule has 1 aromatic rings. The molecule has 1 N–H and O–H groups in total. The molecule has 120 valence electrons. The third kappa shape index (κ3) is 2.57. The molecule has 1 aromatic carbocycles. The molecule has 0 bridgehead atoms. The first-order valence-corrected chi connectivity index (χ1v) is 8.18. The second kappa shape index (κ2) is 6.07.